The summed E-state index contributed by atoms with van der Waals surface area (Å²) in [5, 5.41) is 4.21. The van der Waals surface area contributed by atoms with E-state index in [9.17, 15) is 0 Å². The van der Waals surface area contributed by atoms with E-state index in [1.54, 1.807) is 0 Å². The van der Waals surface area contributed by atoms with Gasteiger partial charge >= 0.3 is 0 Å². The number of rotatable bonds is 2. The number of benzene rings is 1. The number of pyridine rings is 1. The Balaban J connectivity index is 2.33. The molecule has 0 spiro atoms. The molecule has 2 aromatic heterocycles. The monoisotopic (exact) mass is 270 g/mol. The fourth-order valence-corrected chi connectivity index (χ4v) is 2.28. The molecule has 0 atom stereocenters. The highest BCUT2D eigenvalue weighted by molar-refractivity contribution is 6.33. The van der Waals surface area contributed by atoms with Crippen molar-refractivity contribution < 1.29 is 0 Å². The molecule has 3 aromatic rings. The lowest BCUT2D eigenvalue weighted by Crippen LogP contribution is -1.88. The molecule has 0 unspecified atom stereocenters. The average Bonchev–Trinajstić information content (AvgIpc) is 2.79. The zero-order chi connectivity index (χ0) is 13.2. The van der Waals surface area contributed by atoms with Gasteiger partial charge in [-0.2, -0.15) is 5.10 Å². The van der Waals surface area contributed by atoms with E-state index >= 15 is 0 Å². The second kappa shape index (κ2) is 4.74. The summed E-state index contributed by atoms with van der Waals surface area (Å²) >= 11 is 6.23. The Morgan fingerprint density at radius 3 is 2.74 bits per heavy atom. The summed E-state index contributed by atoms with van der Waals surface area (Å²) in [4.78, 5) is 4.56. The smallest absolute Gasteiger partial charge is 0.146 e. The standard InChI is InChI=1S/C14H11ClN4/c15-11-6-2-1-5-10(11)14-18-12(9-17-16)13-7-3-4-8-19(13)14/h1-9H,16H2. The maximum absolute atomic E-state index is 6.23. The van der Waals surface area contributed by atoms with E-state index in [0.717, 1.165) is 22.6 Å². The maximum Gasteiger partial charge on any atom is 0.146 e. The molecule has 0 fully saturated rings. The molecule has 0 amide bonds. The molecule has 5 heteroatoms. The molecule has 4 nitrogen and oxygen atoms in total. The third-order valence-electron chi connectivity index (χ3n) is 2.89. The molecule has 0 aliphatic carbocycles. The maximum atomic E-state index is 6.23. The minimum absolute atomic E-state index is 0.662. The summed E-state index contributed by atoms with van der Waals surface area (Å²) in [5.41, 5.74) is 2.53. The van der Waals surface area contributed by atoms with Crippen molar-refractivity contribution in [1.29, 1.82) is 0 Å². The number of aromatic nitrogens is 2. The summed E-state index contributed by atoms with van der Waals surface area (Å²) in [6.45, 7) is 0. The van der Waals surface area contributed by atoms with Gasteiger partial charge in [0.25, 0.3) is 0 Å². The van der Waals surface area contributed by atoms with Gasteiger partial charge in [-0.25, -0.2) is 4.98 Å². The zero-order valence-electron chi connectivity index (χ0n) is 9.99. The number of nitrogens with two attached hydrogens (primary N) is 1. The Kier molecular flexibility index (Phi) is 2.93. The topological polar surface area (TPSA) is 55.7 Å². The fraction of sp³-hybridized carbons (Fsp3) is 0. The van der Waals surface area contributed by atoms with E-state index in [1.165, 1.54) is 6.21 Å². The number of imidazole rings is 1. The molecule has 19 heavy (non-hydrogen) atoms. The number of halogens is 1. The number of hydrogen-bond donors (Lipinski definition) is 1. The number of fused-ring (bicyclic) bond motifs is 1. The Hall–Kier alpha value is -2.33. The van der Waals surface area contributed by atoms with E-state index in [1.807, 2.05) is 53.1 Å². The van der Waals surface area contributed by atoms with Gasteiger partial charge in [0.05, 0.1) is 16.8 Å². The molecule has 94 valence electrons. The first-order valence-corrected chi connectivity index (χ1v) is 6.14. The van der Waals surface area contributed by atoms with Crippen LogP contribution in [0, 0.1) is 0 Å². The highest BCUT2D eigenvalue weighted by atomic mass is 35.5. The van der Waals surface area contributed by atoms with Crippen molar-refractivity contribution in [1.82, 2.24) is 9.38 Å². The van der Waals surface area contributed by atoms with Crippen LogP contribution in [0.5, 0.6) is 0 Å². The van der Waals surface area contributed by atoms with Gasteiger partial charge in [0, 0.05) is 11.8 Å². The lowest BCUT2D eigenvalue weighted by atomic mass is 10.2. The minimum Gasteiger partial charge on any atom is -0.323 e. The summed E-state index contributed by atoms with van der Waals surface area (Å²) in [6, 6.07) is 13.5. The molecule has 0 radical (unpaired) electrons. The Labute approximate surface area is 115 Å². The fourth-order valence-electron chi connectivity index (χ4n) is 2.06. The first kappa shape index (κ1) is 11.7. The van der Waals surface area contributed by atoms with Crippen LogP contribution in [0.2, 0.25) is 5.02 Å². The van der Waals surface area contributed by atoms with Crippen molar-refractivity contribution >= 4 is 23.3 Å². The second-order valence-corrected chi connectivity index (χ2v) is 4.44. The van der Waals surface area contributed by atoms with E-state index in [0.29, 0.717) is 5.02 Å². The van der Waals surface area contributed by atoms with Gasteiger partial charge in [0.15, 0.2) is 0 Å². The van der Waals surface area contributed by atoms with Crippen LogP contribution >= 0.6 is 11.6 Å². The van der Waals surface area contributed by atoms with Crippen LogP contribution in [0.25, 0.3) is 16.9 Å². The molecule has 0 saturated heterocycles. The molecule has 0 aliphatic rings. The van der Waals surface area contributed by atoms with Crippen LogP contribution in [0.15, 0.2) is 53.8 Å². The van der Waals surface area contributed by atoms with E-state index in [-0.39, 0.29) is 0 Å². The Bertz CT molecular complexity index is 761. The van der Waals surface area contributed by atoms with Gasteiger partial charge in [-0.1, -0.05) is 29.8 Å². The van der Waals surface area contributed by atoms with E-state index < -0.39 is 0 Å². The van der Waals surface area contributed by atoms with Crippen molar-refractivity contribution in [2.45, 2.75) is 0 Å². The first-order valence-electron chi connectivity index (χ1n) is 5.76. The normalized spacial score (nSPS) is 11.4. The lowest BCUT2D eigenvalue weighted by molar-refractivity contribution is 1.16. The quantitative estimate of drug-likeness (QED) is 0.442. The number of nitrogens with zero attached hydrogens (tertiary/aromatic N) is 3. The van der Waals surface area contributed by atoms with Gasteiger partial charge in [0.2, 0.25) is 0 Å². The Morgan fingerprint density at radius 1 is 1.16 bits per heavy atom. The lowest BCUT2D eigenvalue weighted by Gasteiger charge is -2.02. The van der Waals surface area contributed by atoms with Crippen LogP contribution < -0.4 is 5.84 Å². The summed E-state index contributed by atoms with van der Waals surface area (Å²) in [5.74, 6) is 6.00. The van der Waals surface area contributed by atoms with Crippen LogP contribution in [0.3, 0.4) is 0 Å². The van der Waals surface area contributed by atoms with Gasteiger partial charge in [-0.3, -0.25) is 4.40 Å². The third-order valence-corrected chi connectivity index (χ3v) is 3.22. The van der Waals surface area contributed by atoms with Crippen LogP contribution in [-0.2, 0) is 0 Å². The minimum atomic E-state index is 0.662. The van der Waals surface area contributed by atoms with Gasteiger partial charge in [-0.05, 0) is 24.3 Å². The molecule has 2 heterocycles. The van der Waals surface area contributed by atoms with E-state index in [4.69, 9.17) is 17.4 Å². The molecule has 2 N–H and O–H groups in total. The van der Waals surface area contributed by atoms with Crippen molar-refractivity contribution in [3.8, 4) is 11.4 Å². The molecule has 1 aromatic carbocycles. The third kappa shape index (κ3) is 1.96. The molecule has 0 bridgehead atoms. The SMILES string of the molecule is NN=Cc1nc(-c2ccccc2Cl)n2ccccc12. The van der Waals surface area contributed by atoms with Crippen molar-refractivity contribution in [3.63, 3.8) is 0 Å². The van der Waals surface area contributed by atoms with E-state index in [2.05, 4.69) is 10.1 Å². The number of hydrogen-bond acceptors (Lipinski definition) is 3. The van der Waals surface area contributed by atoms with Gasteiger partial charge < -0.3 is 5.84 Å². The molecule has 0 saturated carbocycles. The highest BCUT2D eigenvalue weighted by Gasteiger charge is 2.12. The first-order chi connectivity index (χ1) is 9.31. The van der Waals surface area contributed by atoms with Crippen molar-refractivity contribution in [3.05, 3.63) is 59.4 Å². The molecular weight excluding hydrogens is 260 g/mol. The van der Waals surface area contributed by atoms with Gasteiger partial charge in [-0.15, -0.1) is 0 Å². The van der Waals surface area contributed by atoms with Gasteiger partial charge in [0.1, 0.15) is 11.5 Å². The number of hydrazone groups is 1. The average molecular weight is 271 g/mol. The summed E-state index contributed by atoms with van der Waals surface area (Å²) < 4.78 is 1.97. The van der Waals surface area contributed by atoms with Crippen LogP contribution in [-0.4, -0.2) is 15.6 Å². The summed E-state index contributed by atoms with van der Waals surface area (Å²) in [7, 11) is 0. The zero-order valence-corrected chi connectivity index (χ0v) is 10.7. The van der Waals surface area contributed by atoms with Crippen molar-refractivity contribution in [2.75, 3.05) is 0 Å². The predicted molar refractivity (Wildman–Crippen MR) is 77.4 cm³/mol. The Morgan fingerprint density at radius 2 is 1.95 bits per heavy atom. The highest BCUT2D eigenvalue weighted by Crippen LogP contribution is 2.28. The predicted octanol–water partition coefficient (Wildman–Crippen LogP) is 2.95. The molecule has 3 rings (SSSR count). The molecule has 0 aliphatic heterocycles. The van der Waals surface area contributed by atoms with Crippen molar-refractivity contribution in [2.24, 2.45) is 10.9 Å². The van der Waals surface area contributed by atoms with Crippen LogP contribution in [0.1, 0.15) is 5.69 Å². The molecular formula is C14H11ClN4. The van der Waals surface area contributed by atoms with Crippen LogP contribution in [0.4, 0.5) is 0 Å². The summed E-state index contributed by atoms with van der Waals surface area (Å²) in [6.07, 6.45) is 3.48. The second-order valence-electron chi connectivity index (χ2n) is 4.03. The largest absolute Gasteiger partial charge is 0.323 e.